The molecule has 0 saturated carbocycles. The molecule has 0 aromatic carbocycles. The molecule has 1 heterocycles. The molecule has 0 fully saturated rings. The van der Waals surface area contributed by atoms with Crippen molar-refractivity contribution < 1.29 is 0 Å². The molecule has 0 aliphatic rings. The summed E-state index contributed by atoms with van der Waals surface area (Å²) >= 11 is 7.96. The third-order valence-electron chi connectivity index (χ3n) is 2.23. The molecule has 3 nitrogen and oxygen atoms in total. The highest BCUT2D eigenvalue weighted by molar-refractivity contribution is 7.99. The monoisotopic (exact) mass is 261 g/mol. The van der Waals surface area contributed by atoms with Gasteiger partial charge in [-0.15, -0.1) is 0 Å². The molecule has 1 aromatic heterocycles. The maximum atomic E-state index is 6.14. The fourth-order valence-corrected chi connectivity index (χ4v) is 2.80. The van der Waals surface area contributed by atoms with E-state index in [-0.39, 0.29) is 6.04 Å². The van der Waals surface area contributed by atoms with E-state index in [2.05, 4.69) is 18.9 Å². The number of rotatable bonds is 6. The van der Waals surface area contributed by atoms with Crippen molar-refractivity contribution in [3.63, 3.8) is 0 Å². The van der Waals surface area contributed by atoms with Crippen LogP contribution in [0.15, 0.2) is 6.20 Å². The fourth-order valence-electron chi connectivity index (χ4n) is 1.50. The molecule has 0 spiro atoms. The first-order valence-electron chi connectivity index (χ1n) is 5.60. The highest BCUT2D eigenvalue weighted by Crippen LogP contribution is 2.24. The first-order valence-corrected chi connectivity index (χ1v) is 7.14. The van der Waals surface area contributed by atoms with E-state index < -0.39 is 0 Å². The standard InChI is InChI=1S/C11H20ClN3S/c1-4-15-11(9(12)5-14-15)10(13)7-16-6-8(2)3/h5,8,10H,4,6-7,13H2,1-3H3. The Morgan fingerprint density at radius 2 is 2.19 bits per heavy atom. The molecule has 2 N–H and O–H groups in total. The van der Waals surface area contributed by atoms with Crippen molar-refractivity contribution in [2.45, 2.75) is 33.4 Å². The van der Waals surface area contributed by atoms with Crippen molar-refractivity contribution in [1.29, 1.82) is 0 Å². The van der Waals surface area contributed by atoms with Crippen LogP contribution in [0.5, 0.6) is 0 Å². The maximum Gasteiger partial charge on any atom is 0.0834 e. The lowest BCUT2D eigenvalue weighted by atomic mass is 10.2. The van der Waals surface area contributed by atoms with Gasteiger partial charge in [0.2, 0.25) is 0 Å². The van der Waals surface area contributed by atoms with Crippen LogP contribution in [0.2, 0.25) is 5.02 Å². The Kier molecular flexibility index (Phi) is 5.66. The summed E-state index contributed by atoms with van der Waals surface area (Å²) in [4.78, 5) is 0. The van der Waals surface area contributed by atoms with Crippen molar-refractivity contribution in [3.8, 4) is 0 Å². The Hall–Kier alpha value is -0.190. The van der Waals surface area contributed by atoms with Crippen LogP contribution in [0.25, 0.3) is 0 Å². The third kappa shape index (κ3) is 3.68. The predicted octanol–water partition coefficient (Wildman–Crippen LogP) is 2.95. The number of nitrogens with zero attached hydrogens (tertiary/aromatic N) is 2. The SMILES string of the molecule is CCn1ncc(Cl)c1C(N)CSCC(C)C. The van der Waals surface area contributed by atoms with E-state index in [4.69, 9.17) is 17.3 Å². The fraction of sp³-hybridized carbons (Fsp3) is 0.727. The summed E-state index contributed by atoms with van der Waals surface area (Å²) in [5.74, 6) is 2.72. The highest BCUT2D eigenvalue weighted by Gasteiger charge is 2.16. The maximum absolute atomic E-state index is 6.14. The molecule has 0 aliphatic carbocycles. The van der Waals surface area contributed by atoms with E-state index in [0.717, 1.165) is 23.7 Å². The molecule has 0 amide bonds. The second-order valence-electron chi connectivity index (χ2n) is 4.23. The molecule has 5 heteroatoms. The van der Waals surface area contributed by atoms with Gasteiger partial charge in [0.15, 0.2) is 0 Å². The third-order valence-corrected chi connectivity index (χ3v) is 4.02. The molecule has 0 radical (unpaired) electrons. The predicted molar refractivity (Wildman–Crippen MR) is 72.0 cm³/mol. The molecule has 0 bridgehead atoms. The minimum absolute atomic E-state index is 0.0290. The number of aromatic nitrogens is 2. The summed E-state index contributed by atoms with van der Waals surface area (Å²) in [5.41, 5.74) is 7.10. The van der Waals surface area contributed by atoms with Crippen LogP contribution < -0.4 is 5.73 Å². The zero-order valence-corrected chi connectivity index (χ0v) is 11.7. The Balaban J connectivity index is 2.58. The van der Waals surface area contributed by atoms with Gasteiger partial charge in [-0.1, -0.05) is 25.4 Å². The number of hydrogen-bond acceptors (Lipinski definition) is 3. The Morgan fingerprint density at radius 3 is 2.75 bits per heavy atom. The summed E-state index contributed by atoms with van der Waals surface area (Å²) in [6, 6.07) is -0.0290. The summed E-state index contributed by atoms with van der Waals surface area (Å²) in [6.45, 7) is 7.27. The van der Waals surface area contributed by atoms with Crippen molar-refractivity contribution in [1.82, 2.24) is 9.78 Å². The van der Waals surface area contributed by atoms with E-state index in [0.29, 0.717) is 10.9 Å². The highest BCUT2D eigenvalue weighted by atomic mass is 35.5. The van der Waals surface area contributed by atoms with Gasteiger partial charge >= 0.3 is 0 Å². The molecule has 16 heavy (non-hydrogen) atoms. The van der Waals surface area contributed by atoms with Crippen LogP contribution in [-0.4, -0.2) is 21.3 Å². The van der Waals surface area contributed by atoms with Crippen LogP contribution in [-0.2, 0) is 6.54 Å². The largest absolute Gasteiger partial charge is 0.322 e. The van der Waals surface area contributed by atoms with Gasteiger partial charge in [0, 0.05) is 12.3 Å². The van der Waals surface area contributed by atoms with Crippen LogP contribution in [0.3, 0.4) is 0 Å². The van der Waals surface area contributed by atoms with Crippen molar-refractivity contribution >= 4 is 23.4 Å². The van der Waals surface area contributed by atoms with Gasteiger partial charge in [0.25, 0.3) is 0 Å². The van der Waals surface area contributed by atoms with Crippen LogP contribution in [0.1, 0.15) is 32.5 Å². The number of thioether (sulfide) groups is 1. The van der Waals surface area contributed by atoms with E-state index in [9.17, 15) is 0 Å². The van der Waals surface area contributed by atoms with Gasteiger partial charge in [0.05, 0.1) is 23.0 Å². The van der Waals surface area contributed by atoms with E-state index in [1.165, 1.54) is 0 Å². The van der Waals surface area contributed by atoms with Crippen LogP contribution >= 0.6 is 23.4 Å². The zero-order chi connectivity index (χ0) is 12.1. The lowest BCUT2D eigenvalue weighted by Crippen LogP contribution is -2.19. The Morgan fingerprint density at radius 1 is 1.50 bits per heavy atom. The van der Waals surface area contributed by atoms with Crippen molar-refractivity contribution in [2.75, 3.05) is 11.5 Å². The summed E-state index contributed by atoms with van der Waals surface area (Å²) < 4.78 is 1.88. The second kappa shape index (κ2) is 6.52. The number of hydrogen-bond donors (Lipinski definition) is 1. The van der Waals surface area contributed by atoms with Gasteiger partial charge in [-0.25, -0.2) is 0 Å². The molecular weight excluding hydrogens is 242 g/mol. The lowest BCUT2D eigenvalue weighted by Gasteiger charge is -2.14. The number of halogens is 1. The molecule has 1 unspecified atom stereocenters. The number of aryl methyl sites for hydroxylation is 1. The average Bonchev–Trinajstić information content (AvgIpc) is 2.58. The van der Waals surface area contributed by atoms with Gasteiger partial charge < -0.3 is 5.73 Å². The molecule has 0 saturated heterocycles. The minimum Gasteiger partial charge on any atom is -0.322 e. The first kappa shape index (κ1) is 13.9. The van der Waals surface area contributed by atoms with Crippen LogP contribution in [0.4, 0.5) is 0 Å². The van der Waals surface area contributed by atoms with Crippen molar-refractivity contribution in [3.05, 3.63) is 16.9 Å². The van der Waals surface area contributed by atoms with Gasteiger partial charge in [-0.05, 0) is 18.6 Å². The second-order valence-corrected chi connectivity index (χ2v) is 5.71. The molecular formula is C11H20ClN3S. The summed E-state index contributed by atoms with van der Waals surface area (Å²) in [6.07, 6.45) is 1.67. The van der Waals surface area contributed by atoms with Gasteiger partial charge in [-0.3, -0.25) is 4.68 Å². The topological polar surface area (TPSA) is 43.8 Å². The average molecular weight is 262 g/mol. The molecule has 1 rings (SSSR count). The smallest absolute Gasteiger partial charge is 0.0834 e. The van der Waals surface area contributed by atoms with Crippen LogP contribution in [0, 0.1) is 5.92 Å². The van der Waals surface area contributed by atoms with E-state index in [1.54, 1.807) is 6.20 Å². The molecule has 0 aliphatic heterocycles. The zero-order valence-electron chi connectivity index (χ0n) is 10.1. The molecule has 1 atom stereocenters. The van der Waals surface area contributed by atoms with Gasteiger partial charge in [0.1, 0.15) is 0 Å². The quantitative estimate of drug-likeness (QED) is 0.856. The summed E-state index contributed by atoms with van der Waals surface area (Å²) in [5, 5.41) is 4.87. The Bertz CT molecular complexity index is 325. The van der Waals surface area contributed by atoms with E-state index in [1.807, 2.05) is 23.4 Å². The van der Waals surface area contributed by atoms with E-state index >= 15 is 0 Å². The van der Waals surface area contributed by atoms with Crippen molar-refractivity contribution in [2.24, 2.45) is 11.7 Å². The number of nitrogens with two attached hydrogens (primary N) is 1. The lowest BCUT2D eigenvalue weighted by molar-refractivity contribution is 0.592. The molecule has 1 aromatic rings. The normalized spacial score (nSPS) is 13.4. The first-order chi connectivity index (χ1) is 7.56. The summed E-state index contributed by atoms with van der Waals surface area (Å²) in [7, 11) is 0. The Labute approximate surface area is 107 Å². The minimum atomic E-state index is -0.0290. The van der Waals surface area contributed by atoms with Gasteiger partial charge in [-0.2, -0.15) is 16.9 Å². The molecule has 92 valence electrons.